The van der Waals surface area contributed by atoms with Crippen LogP contribution in [0.5, 0.6) is 0 Å². The van der Waals surface area contributed by atoms with Crippen molar-refractivity contribution in [2.24, 2.45) is 0 Å². The van der Waals surface area contributed by atoms with Gasteiger partial charge in [-0.2, -0.15) is 13.2 Å². The molecule has 3 N–H and O–H groups in total. The molecule has 0 saturated heterocycles. The lowest BCUT2D eigenvalue weighted by atomic mass is 9.67. The van der Waals surface area contributed by atoms with Crippen molar-refractivity contribution in [1.29, 1.82) is 0 Å². The third kappa shape index (κ3) is 4.27. The molecule has 1 heterocycles. The Kier molecular flexibility index (Phi) is 5.24. The lowest BCUT2D eigenvalue weighted by Gasteiger charge is -2.38. The number of halogens is 3. The Hall–Kier alpha value is -1.61. The van der Waals surface area contributed by atoms with Gasteiger partial charge in [0, 0.05) is 18.0 Å². The first-order chi connectivity index (χ1) is 11.1. The van der Waals surface area contributed by atoms with E-state index in [1.54, 1.807) is 6.07 Å². The van der Waals surface area contributed by atoms with Gasteiger partial charge < -0.3 is 14.9 Å². The number of hydrogen-bond donors (Lipinski definition) is 3. The van der Waals surface area contributed by atoms with Crippen LogP contribution in [-0.4, -0.2) is 41.0 Å². The molecule has 0 unspecified atom stereocenters. The number of nitrogens with zero attached hydrogens (tertiary/aromatic N) is 1. The summed E-state index contributed by atoms with van der Waals surface area (Å²) >= 11 is 0. The fourth-order valence-electron chi connectivity index (χ4n) is 2.55. The van der Waals surface area contributed by atoms with Gasteiger partial charge in [-0.05, 0) is 26.7 Å². The Balaban J connectivity index is 1.93. The lowest BCUT2D eigenvalue weighted by Crippen LogP contribution is -2.50. The van der Waals surface area contributed by atoms with E-state index in [0.29, 0.717) is 5.69 Å². The topological polar surface area (TPSA) is 87.4 Å². The van der Waals surface area contributed by atoms with Crippen molar-refractivity contribution < 1.29 is 27.6 Å². The Bertz CT molecular complexity index is 574. The van der Waals surface area contributed by atoms with E-state index in [4.69, 9.17) is 4.52 Å². The molecule has 0 atom stereocenters. The van der Waals surface area contributed by atoms with Crippen LogP contribution in [0.1, 0.15) is 45.2 Å². The number of aromatic nitrogens is 1. The van der Waals surface area contributed by atoms with Gasteiger partial charge in [0.1, 0.15) is 0 Å². The van der Waals surface area contributed by atoms with Crippen molar-refractivity contribution in [3.63, 3.8) is 0 Å². The van der Waals surface area contributed by atoms with E-state index in [-0.39, 0.29) is 19.0 Å². The van der Waals surface area contributed by atoms with Gasteiger partial charge in [0.15, 0.2) is 0 Å². The third-order valence-corrected chi connectivity index (χ3v) is 4.45. The maximum absolute atomic E-state index is 12.2. The standard InChI is InChI=1S/C15H22F3N3O3/c1-13(2,19-7-6-15(16,17)18)12(23)20-11-8-10(21-24-11)14(9-22)4-3-5-14/h8,19,22H,3-7,9H2,1-2H3,(H,20,23). The minimum absolute atomic E-state index is 0.0442. The molecular weight excluding hydrogens is 327 g/mol. The van der Waals surface area contributed by atoms with Crippen LogP contribution in [0.4, 0.5) is 19.1 Å². The molecule has 136 valence electrons. The van der Waals surface area contributed by atoms with Crippen molar-refractivity contribution in [3.05, 3.63) is 11.8 Å². The number of carbonyl (C=O) groups is 1. The average molecular weight is 349 g/mol. The Morgan fingerprint density at radius 3 is 2.58 bits per heavy atom. The molecule has 0 radical (unpaired) electrons. The first kappa shape index (κ1) is 18.7. The number of nitrogens with one attached hydrogen (secondary N) is 2. The van der Waals surface area contributed by atoms with Gasteiger partial charge in [-0.3, -0.25) is 10.1 Å². The second kappa shape index (κ2) is 6.72. The first-order valence-electron chi connectivity index (χ1n) is 7.79. The molecule has 1 amide bonds. The van der Waals surface area contributed by atoms with Gasteiger partial charge in [-0.1, -0.05) is 11.6 Å². The first-order valence-corrected chi connectivity index (χ1v) is 7.79. The van der Waals surface area contributed by atoms with Crippen LogP contribution in [0, 0.1) is 0 Å². The zero-order valence-corrected chi connectivity index (χ0v) is 13.7. The highest BCUT2D eigenvalue weighted by molar-refractivity contribution is 5.96. The van der Waals surface area contributed by atoms with Gasteiger partial charge in [-0.25, -0.2) is 0 Å². The van der Waals surface area contributed by atoms with Crippen LogP contribution >= 0.6 is 0 Å². The highest BCUT2D eigenvalue weighted by Crippen LogP contribution is 2.43. The van der Waals surface area contributed by atoms with Crippen LogP contribution in [0.3, 0.4) is 0 Å². The molecule has 1 saturated carbocycles. The molecule has 1 aliphatic carbocycles. The summed E-state index contributed by atoms with van der Waals surface area (Å²) in [5, 5.41) is 18.5. The predicted octanol–water partition coefficient (Wildman–Crippen LogP) is 2.35. The molecule has 6 nitrogen and oxygen atoms in total. The van der Waals surface area contributed by atoms with E-state index in [1.165, 1.54) is 13.8 Å². The minimum atomic E-state index is -4.28. The number of alkyl halides is 3. The fraction of sp³-hybridized carbons (Fsp3) is 0.733. The molecule has 0 bridgehead atoms. The Labute approximate surface area is 137 Å². The number of carbonyl (C=O) groups excluding carboxylic acids is 1. The van der Waals surface area contributed by atoms with E-state index in [2.05, 4.69) is 15.8 Å². The minimum Gasteiger partial charge on any atom is -0.395 e. The summed E-state index contributed by atoms with van der Waals surface area (Å²) in [6.07, 6.45) is -2.71. The molecule has 1 fully saturated rings. The number of rotatable bonds is 7. The van der Waals surface area contributed by atoms with Crippen molar-refractivity contribution in [1.82, 2.24) is 10.5 Å². The molecule has 9 heteroatoms. The van der Waals surface area contributed by atoms with Gasteiger partial charge in [-0.15, -0.1) is 0 Å². The zero-order valence-electron chi connectivity index (χ0n) is 13.7. The van der Waals surface area contributed by atoms with E-state index in [9.17, 15) is 23.1 Å². The SMILES string of the molecule is CC(C)(NCCC(F)(F)F)C(=O)Nc1cc(C2(CO)CCC2)no1. The number of hydrogen-bond acceptors (Lipinski definition) is 5. The van der Waals surface area contributed by atoms with E-state index in [1.807, 2.05) is 0 Å². The number of aliphatic hydroxyl groups is 1. The van der Waals surface area contributed by atoms with E-state index in [0.717, 1.165) is 19.3 Å². The van der Waals surface area contributed by atoms with E-state index < -0.39 is 29.5 Å². The Morgan fingerprint density at radius 2 is 2.08 bits per heavy atom. The van der Waals surface area contributed by atoms with Crippen molar-refractivity contribution in [2.75, 3.05) is 18.5 Å². The summed E-state index contributed by atoms with van der Waals surface area (Å²) in [4.78, 5) is 12.2. The maximum atomic E-state index is 12.2. The van der Waals surface area contributed by atoms with Crippen molar-refractivity contribution in [3.8, 4) is 0 Å². The molecule has 24 heavy (non-hydrogen) atoms. The van der Waals surface area contributed by atoms with Crippen LogP contribution in [0.25, 0.3) is 0 Å². The third-order valence-electron chi connectivity index (χ3n) is 4.45. The van der Waals surface area contributed by atoms with Gasteiger partial charge in [0.05, 0.1) is 24.3 Å². The van der Waals surface area contributed by atoms with Gasteiger partial charge in [0.25, 0.3) is 0 Å². The summed E-state index contributed by atoms with van der Waals surface area (Å²) in [6.45, 7) is 2.56. The maximum Gasteiger partial charge on any atom is 0.390 e. The fourth-order valence-corrected chi connectivity index (χ4v) is 2.55. The predicted molar refractivity (Wildman–Crippen MR) is 80.5 cm³/mol. The molecule has 2 rings (SSSR count). The zero-order chi connectivity index (χ0) is 18.0. The lowest BCUT2D eigenvalue weighted by molar-refractivity contribution is -0.135. The van der Waals surface area contributed by atoms with Crippen molar-refractivity contribution in [2.45, 2.75) is 56.7 Å². The van der Waals surface area contributed by atoms with Crippen LogP contribution in [-0.2, 0) is 10.2 Å². The highest BCUT2D eigenvalue weighted by atomic mass is 19.4. The smallest absolute Gasteiger partial charge is 0.390 e. The molecule has 0 spiro atoms. The average Bonchev–Trinajstić information content (AvgIpc) is 2.85. The summed E-state index contributed by atoms with van der Waals surface area (Å²) in [5.41, 5.74) is -1.04. The molecule has 0 aromatic carbocycles. The molecular formula is C15H22F3N3O3. The monoisotopic (exact) mass is 349 g/mol. The van der Waals surface area contributed by atoms with Crippen molar-refractivity contribution >= 4 is 11.8 Å². The largest absolute Gasteiger partial charge is 0.395 e. The van der Waals surface area contributed by atoms with Gasteiger partial charge in [0.2, 0.25) is 11.8 Å². The van der Waals surface area contributed by atoms with E-state index >= 15 is 0 Å². The number of amides is 1. The summed E-state index contributed by atoms with van der Waals surface area (Å²) in [6, 6.07) is 1.55. The molecule has 0 aliphatic heterocycles. The quantitative estimate of drug-likeness (QED) is 0.703. The second-order valence-corrected chi connectivity index (χ2v) is 6.74. The summed E-state index contributed by atoms with van der Waals surface area (Å²) in [7, 11) is 0. The summed E-state index contributed by atoms with van der Waals surface area (Å²) < 4.78 is 41.6. The van der Waals surface area contributed by atoms with Crippen LogP contribution in [0.15, 0.2) is 10.6 Å². The normalized spacial score (nSPS) is 17.4. The van der Waals surface area contributed by atoms with Crippen LogP contribution < -0.4 is 10.6 Å². The number of anilines is 1. The highest BCUT2D eigenvalue weighted by Gasteiger charge is 2.41. The molecule has 1 aromatic heterocycles. The van der Waals surface area contributed by atoms with Gasteiger partial charge >= 0.3 is 6.18 Å². The summed E-state index contributed by atoms with van der Waals surface area (Å²) in [5.74, 6) is -0.417. The molecule has 1 aromatic rings. The second-order valence-electron chi connectivity index (χ2n) is 6.74. The van der Waals surface area contributed by atoms with Crippen LogP contribution in [0.2, 0.25) is 0 Å². The Morgan fingerprint density at radius 1 is 1.42 bits per heavy atom. The number of aliphatic hydroxyl groups excluding tert-OH is 1. The molecule has 1 aliphatic rings.